The largest absolute Gasteiger partial charge is 0.363 e. The molecule has 0 saturated heterocycles. The van der Waals surface area contributed by atoms with Crippen LogP contribution in [0.2, 0.25) is 5.02 Å². The molecule has 0 saturated carbocycles. The first-order chi connectivity index (χ1) is 10.6. The molecule has 6 heteroatoms. The summed E-state index contributed by atoms with van der Waals surface area (Å²) in [5, 5.41) is 4.76. The van der Waals surface area contributed by atoms with E-state index in [9.17, 15) is 4.79 Å². The molecule has 2 N–H and O–H groups in total. The molecule has 3 rings (SSSR count). The van der Waals surface area contributed by atoms with Crippen LogP contribution in [0.5, 0.6) is 0 Å². The van der Waals surface area contributed by atoms with Gasteiger partial charge in [0, 0.05) is 5.56 Å². The number of aryl methyl sites for hydroxylation is 1. The van der Waals surface area contributed by atoms with Crippen molar-refractivity contribution in [1.82, 2.24) is 14.8 Å². The first kappa shape index (κ1) is 14.3. The Morgan fingerprint density at radius 3 is 2.55 bits per heavy atom. The molecule has 1 amide bonds. The molecule has 0 aliphatic carbocycles. The predicted molar refractivity (Wildman–Crippen MR) is 85.1 cm³/mol. The maximum atomic E-state index is 11.4. The standard InChI is InChI=1S/C16H13ClN4O/c1-10-6-5-9-12(13(10)17)21-16(11-7-3-2-4-8-11)19-15(20-21)14(18)22/h2-9H,1H3,(H2,18,22). The fraction of sp³-hybridized carbons (Fsp3) is 0.0625. The zero-order valence-corrected chi connectivity index (χ0v) is 12.6. The summed E-state index contributed by atoms with van der Waals surface area (Å²) < 4.78 is 1.55. The van der Waals surface area contributed by atoms with Crippen LogP contribution >= 0.6 is 11.6 Å². The van der Waals surface area contributed by atoms with Crippen LogP contribution in [0.15, 0.2) is 48.5 Å². The molecule has 3 aromatic rings. The van der Waals surface area contributed by atoms with Crippen molar-refractivity contribution in [1.29, 1.82) is 0 Å². The van der Waals surface area contributed by atoms with Gasteiger partial charge in [-0.05, 0) is 18.6 Å². The number of carbonyl (C=O) groups excluding carboxylic acids is 1. The van der Waals surface area contributed by atoms with E-state index in [-0.39, 0.29) is 5.82 Å². The molecule has 0 spiro atoms. The lowest BCUT2D eigenvalue weighted by Gasteiger charge is -2.09. The highest BCUT2D eigenvalue weighted by molar-refractivity contribution is 6.33. The molecule has 5 nitrogen and oxygen atoms in total. The number of hydrogen-bond donors (Lipinski definition) is 1. The molecule has 110 valence electrons. The van der Waals surface area contributed by atoms with Crippen LogP contribution in [0, 0.1) is 6.92 Å². The lowest BCUT2D eigenvalue weighted by atomic mass is 10.2. The van der Waals surface area contributed by atoms with Crippen molar-refractivity contribution >= 4 is 17.5 Å². The van der Waals surface area contributed by atoms with Crippen molar-refractivity contribution in [2.75, 3.05) is 0 Å². The van der Waals surface area contributed by atoms with E-state index in [2.05, 4.69) is 10.1 Å². The molecular formula is C16H13ClN4O. The minimum Gasteiger partial charge on any atom is -0.363 e. The van der Waals surface area contributed by atoms with Crippen molar-refractivity contribution in [3.8, 4) is 17.1 Å². The van der Waals surface area contributed by atoms with E-state index in [0.717, 1.165) is 11.1 Å². The van der Waals surface area contributed by atoms with Gasteiger partial charge in [-0.3, -0.25) is 4.79 Å². The van der Waals surface area contributed by atoms with Crippen LogP contribution in [0.1, 0.15) is 16.2 Å². The monoisotopic (exact) mass is 312 g/mol. The van der Waals surface area contributed by atoms with Crippen molar-refractivity contribution in [3.05, 3.63) is 64.9 Å². The summed E-state index contributed by atoms with van der Waals surface area (Å²) in [4.78, 5) is 15.7. The number of rotatable bonds is 3. The average Bonchev–Trinajstić information content (AvgIpc) is 2.96. The molecular weight excluding hydrogens is 300 g/mol. The first-order valence-corrected chi connectivity index (χ1v) is 7.03. The number of carbonyl (C=O) groups is 1. The minimum absolute atomic E-state index is 0.0450. The molecule has 0 aliphatic rings. The Labute approximate surface area is 132 Å². The van der Waals surface area contributed by atoms with Gasteiger partial charge in [0.05, 0.1) is 10.7 Å². The van der Waals surface area contributed by atoms with Gasteiger partial charge in [-0.15, -0.1) is 5.10 Å². The maximum Gasteiger partial charge on any atom is 0.288 e. The second kappa shape index (κ2) is 5.61. The fourth-order valence-corrected chi connectivity index (χ4v) is 2.36. The van der Waals surface area contributed by atoms with Gasteiger partial charge in [0.2, 0.25) is 5.82 Å². The van der Waals surface area contributed by atoms with E-state index in [4.69, 9.17) is 17.3 Å². The highest BCUT2D eigenvalue weighted by Crippen LogP contribution is 2.28. The van der Waals surface area contributed by atoms with Gasteiger partial charge in [-0.2, -0.15) is 0 Å². The van der Waals surface area contributed by atoms with E-state index >= 15 is 0 Å². The second-order valence-electron chi connectivity index (χ2n) is 4.81. The first-order valence-electron chi connectivity index (χ1n) is 6.65. The van der Waals surface area contributed by atoms with Gasteiger partial charge in [0.1, 0.15) is 0 Å². The van der Waals surface area contributed by atoms with E-state index in [1.165, 1.54) is 0 Å². The number of aromatic nitrogens is 3. The van der Waals surface area contributed by atoms with Crippen molar-refractivity contribution in [2.45, 2.75) is 6.92 Å². The minimum atomic E-state index is -0.681. The third kappa shape index (κ3) is 2.46. The Morgan fingerprint density at radius 1 is 1.14 bits per heavy atom. The molecule has 1 heterocycles. The van der Waals surface area contributed by atoms with E-state index < -0.39 is 5.91 Å². The van der Waals surface area contributed by atoms with Gasteiger partial charge in [-0.25, -0.2) is 9.67 Å². The molecule has 0 bridgehead atoms. The Hall–Kier alpha value is -2.66. The van der Waals surface area contributed by atoms with E-state index in [1.54, 1.807) is 4.68 Å². The molecule has 0 fully saturated rings. The number of benzene rings is 2. The fourth-order valence-electron chi connectivity index (χ4n) is 2.15. The van der Waals surface area contributed by atoms with Gasteiger partial charge >= 0.3 is 0 Å². The van der Waals surface area contributed by atoms with Gasteiger partial charge in [0.15, 0.2) is 5.82 Å². The quantitative estimate of drug-likeness (QED) is 0.808. The number of halogens is 1. The SMILES string of the molecule is Cc1cccc(-n2nc(C(N)=O)nc2-c2ccccc2)c1Cl. The second-order valence-corrected chi connectivity index (χ2v) is 5.19. The Bertz CT molecular complexity index is 843. The van der Waals surface area contributed by atoms with Gasteiger partial charge in [0.25, 0.3) is 5.91 Å². The molecule has 0 radical (unpaired) electrons. The van der Waals surface area contributed by atoms with Gasteiger partial charge in [-0.1, -0.05) is 54.1 Å². The third-order valence-electron chi connectivity index (χ3n) is 3.26. The number of amides is 1. The highest BCUT2D eigenvalue weighted by Gasteiger charge is 2.18. The van der Waals surface area contributed by atoms with Crippen LogP contribution < -0.4 is 5.73 Å². The topological polar surface area (TPSA) is 73.8 Å². The highest BCUT2D eigenvalue weighted by atomic mass is 35.5. The summed E-state index contributed by atoms with van der Waals surface area (Å²) in [7, 11) is 0. The number of nitrogens with two attached hydrogens (primary N) is 1. The number of hydrogen-bond acceptors (Lipinski definition) is 3. The van der Waals surface area contributed by atoms with E-state index in [1.807, 2.05) is 55.5 Å². The summed E-state index contributed by atoms with van der Waals surface area (Å²) in [5.41, 5.74) is 7.69. The van der Waals surface area contributed by atoms with Crippen LogP contribution in [0.25, 0.3) is 17.1 Å². The number of primary amides is 1. The maximum absolute atomic E-state index is 11.4. The lowest BCUT2D eigenvalue weighted by molar-refractivity contribution is 0.0990. The van der Waals surface area contributed by atoms with Crippen LogP contribution in [-0.4, -0.2) is 20.7 Å². The molecule has 0 unspecified atom stereocenters. The zero-order valence-electron chi connectivity index (χ0n) is 11.8. The summed E-state index contributed by atoms with van der Waals surface area (Å²) in [6.07, 6.45) is 0. The molecule has 0 aliphatic heterocycles. The molecule has 0 atom stereocenters. The summed E-state index contributed by atoms with van der Waals surface area (Å²) in [5.74, 6) is -0.210. The summed E-state index contributed by atoms with van der Waals surface area (Å²) in [6, 6.07) is 15.0. The normalized spacial score (nSPS) is 10.6. The van der Waals surface area contributed by atoms with Crippen LogP contribution in [0.3, 0.4) is 0 Å². The molecule has 2 aromatic carbocycles. The van der Waals surface area contributed by atoms with Gasteiger partial charge < -0.3 is 5.73 Å². The van der Waals surface area contributed by atoms with Crippen molar-refractivity contribution in [3.63, 3.8) is 0 Å². The van der Waals surface area contributed by atoms with E-state index in [0.29, 0.717) is 16.5 Å². The predicted octanol–water partition coefficient (Wildman–Crippen LogP) is 3.00. The van der Waals surface area contributed by atoms with Crippen molar-refractivity contribution < 1.29 is 4.79 Å². The van der Waals surface area contributed by atoms with Crippen LogP contribution in [-0.2, 0) is 0 Å². The Morgan fingerprint density at radius 2 is 1.86 bits per heavy atom. The van der Waals surface area contributed by atoms with Crippen LogP contribution in [0.4, 0.5) is 0 Å². The Kier molecular flexibility index (Phi) is 3.65. The number of nitrogens with zero attached hydrogens (tertiary/aromatic N) is 3. The Balaban J connectivity index is 2.26. The average molecular weight is 313 g/mol. The zero-order chi connectivity index (χ0) is 15.7. The molecule has 22 heavy (non-hydrogen) atoms. The molecule has 1 aromatic heterocycles. The smallest absolute Gasteiger partial charge is 0.288 e. The lowest BCUT2D eigenvalue weighted by Crippen LogP contribution is -2.13. The third-order valence-corrected chi connectivity index (χ3v) is 3.75. The summed E-state index contributed by atoms with van der Waals surface area (Å²) >= 11 is 6.37. The summed E-state index contributed by atoms with van der Waals surface area (Å²) in [6.45, 7) is 1.90. The van der Waals surface area contributed by atoms with Crippen molar-refractivity contribution in [2.24, 2.45) is 5.73 Å².